The minimum atomic E-state index is -0.941. The summed E-state index contributed by atoms with van der Waals surface area (Å²) in [5.41, 5.74) is 1.14. The second-order valence-corrected chi connectivity index (χ2v) is 8.92. The van der Waals surface area contributed by atoms with E-state index in [1.807, 2.05) is 44.2 Å². The summed E-state index contributed by atoms with van der Waals surface area (Å²) in [5, 5.41) is 3.06. The number of nitrogens with zero attached hydrogens (tertiary/aromatic N) is 1. The van der Waals surface area contributed by atoms with E-state index in [2.05, 4.69) is 5.32 Å². The van der Waals surface area contributed by atoms with Crippen molar-refractivity contribution in [3.05, 3.63) is 106 Å². The molecule has 0 unspecified atom stereocenters. The van der Waals surface area contributed by atoms with Gasteiger partial charge in [0, 0.05) is 35.2 Å². The second-order valence-electron chi connectivity index (χ2n) is 8.51. The van der Waals surface area contributed by atoms with Gasteiger partial charge in [0.15, 0.2) is 0 Å². The van der Waals surface area contributed by atoms with Gasteiger partial charge in [-0.2, -0.15) is 0 Å². The summed E-state index contributed by atoms with van der Waals surface area (Å²) in [7, 11) is 0. The van der Waals surface area contributed by atoms with E-state index in [9.17, 15) is 18.4 Å². The van der Waals surface area contributed by atoms with Gasteiger partial charge in [0.2, 0.25) is 11.8 Å². The van der Waals surface area contributed by atoms with E-state index in [1.165, 1.54) is 29.2 Å². The SMILES string of the molecule is CC[C@H](C)NC(=O)[C@H](Cc1ccccc1)N(Cc1ccccc1F)C(=O)Cc1c(F)cccc1Cl. The van der Waals surface area contributed by atoms with Crippen molar-refractivity contribution in [1.29, 1.82) is 0 Å². The van der Waals surface area contributed by atoms with Crippen LogP contribution in [0.2, 0.25) is 5.02 Å². The van der Waals surface area contributed by atoms with Crippen LogP contribution in [0.3, 0.4) is 0 Å². The maximum absolute atomic E-state index is 14.6. The van der Waals surface area contributed by atoms with Crippen LogP contribution in [0.5, 0.6) is 0 Å². The molecule has 0 aliphatic carbocycles. The Hall–Kier alpha value is -3.25. The Morgan fingerprint density at radius 2 is 1.60 bits per heavy atom. The average Bonchev–Trinajstić information content (AvgIpc) is 2.85. The molecule has 2 atom stereocenters. The number of rotatable bonds is 10. The Morgan fingerprint density at radius 3 is 2.26 bits per heavy atom. The molecule has 184 valence electrons. The normalized spacial score (nSPS) is 12.6. The van der Waals surface area contributed by atoms with Gasteiger partial charge in [-0.1, -0.05) is 73.1 Å². The highest BCUT2D eigenvalue weighted by Crippen LogP contribution is 2.23. The van der Waals surface area contributed by atoms with Crippen LogP contribution in [-0.2, 0) is 29.0 Å². The first kappa shape index (κ1) is 26.4. The Kier molecular flexibility index (Phi) is 9.38. The lowest BCUT2D eigenvalue weighted by Gasteiger charge is -2.32. The Bertz CT molecular complexity index is 1140. The molecule has 0 saturated carbocycles. The van der Waals surface area contributed by atoms with Crippen LogP contribution < -0.4 is 5.32 Å². The lowest BCUT2D eigenvalue weighted by molar-refractivity contribution is -0.141. The van der Waals surface area contributed by atoms with E-state index in [4.69, 9.17) is 11.6 Å². The fraction of sp³-hybridized carbons (Fsp3) is 0.286. The van der Waals surface area contributed by atoms with Crippen LogP contribution >= 0.6 is 11.6 Å². The number of hydrogen-bond donors (Lipinski definition) is 1. The third-order valence-electron chi connectivity index (χ3n) is 5.96. The predicted molar refractivity (Wildman–Crippen MR) is 134 cm³/mol. The van der Waals surface area contributed by atoms with Gasteiger partial charge in [-0.25, -0.2) is 8.78 Å². The first-order valence-electron chi connectivity index (χ1n) is 11.6. The lowest BCUT2D eigenvalue weighted by Crippen LogP contribution is -2.52. The van der Waals surface area contributed by atoms with E-state index >= 15 is 0 Å². The average molecular weight is 499 g/mol. The molecule has 0 heterocycles. The fourth-order valence-electron chi connectivity index (χ4n) is 3.76. The summed E-state index contributed by atoms with van der Waals surface area (Å²) in [5.74, 6) is -1.98. The second kappa shape index (κ2) is 12.5. The molecular formula is C28H29ClF2N2O2. The van der Waals surface area contributed by atoms with Gasteiger partial charge in [-0.15, -0.1) is 0 Å². The molecule has 3 aromatic carbocycles. The van der Waals surface area contributed by atoms with E-state index in [-0.39, 0.29) is 47.5 Å². The van der Waals surface area contributed by atoms with Gasteiger partial charge < -0.3 is 10.2 Å². The van der Waals surface area contributed by atoms with Crippen LogP contribution in [0.1, 0.15) is 37.0 Å². The highest BCUT2D eigenvalue weighted by atomic mass is 35.5. The minimum absolute atomic E-state index is 0.0403. The molecule has 35 heavy (non-hydrogen) atoms. The first-order chi connectivity index (χ1) is 16.8. The van der Waals surface area contributed by atoms with Crippen molar-refractivity contribution in [2.75, 3.05) is 0 Å². The quantitative estimate of drug-likeness (QED) is 0.389. The van der Waals surface area contributed by atoms with E-state index in [0.29, 0.717) is 6.42 Å². The molecule has 0 spiro atoms. The van der Waals surface area contributed by atoms with Crippen LogP contribution in [0.15, 0.2) is 72.8 Å². The summed E-state index contributed by atoms with van der Waals surface area (Å²) in [6, 6.07) is 18.5. The third-order valence-corrected chi connectivity index (χ3v) is 6.31. The Balaban J connectivity index is 2.02. The molecule has 0 aliphatic heterocycles. The minimum Gasteiger partial charge on any atom is -0.352 e. The molecule has 3 aromatic rings. The van der Waals surface area contributed by atoms with Crippen LogP contribution in [-0.4, -0.2) is 28.8 Å². The number of amides is 2. The molecule has 0 aliphatic rings. The zero-order chi connectivity index (χ0) is 25.4. The van der Waals surface area contributed by atoms with Crippen molar-refractivity contribution in [2.24, 2.45) is 0 Å². The molecule has 0 radical (unpaired) electrons. The van der Waals surface area contributed by atoms with Crippen LogP contribution in [0, 0.1) is 11.6 Å². The zero-order valence-electron chi connectivity index (χ0n) is 19.8. The van der Waals surface area contributed by atoms with Gasteiger partial charge in [-0.05, 0) is 37.1 Å². The summed E-state index contributed by atoms with van der Waals surface area (Å²) < 4.78 is 29.1. The molecule has 2 amide bonds. The molecule has 0 bridgehead atoms. The number of nitrogens with one attached hydrogen (secondary N) is 1. The van der Waals surface area contributed by atoms with Gasteiger partial charge in [-0.3, -0.25) is 9.59 Å². The monoisotopic (exact) mass is 498 g/mol. The summed E-state index contributed by atoms with van der Waals surface area (Å²) in [6.07, 6.45) is 0.562. The van der Waals surface area contributed by atoms with Gasteiger partial charge in [0.05, 0.1) is 6.42 Å². The number of hydrogen-bond acceptors (Lipinski definition) is 2. The van der Waals surface area contributed by atoms with E-state index < -0.39 is 23.6 Å². The Morgan fingerprint density at radius 1 is 0.943 bits per heavy atom. The third kappa shape index (κ3) is 7.12. The summed E-state index contributed by atoms with van der Waals surface area (Å²) in [4.78, 5) is 28.4. The first-order valence-corrected chi connectivity index (χ1v) is 12.0. The van der Waals surface area contributed by atoms with Gasteiger partial charge >= 0.3 is 0 Å². The predicted octanol–water partition coefficient (Wildman–Crippen LogP) is 5.72. The number of benzene rings is 3. The largest absolute Gasteiger partial charge is 0.352 e. The Labute approximate surface area is 209 Å². The van der Waals surface area contributed by atoms with E-state index in [0.717, 1.165) is 5.56 Å². The molecule has 4 nitrogen and oxygen atoms in total. The lowest BCUT2D eigenvalue weighted by atomic mass is 10.0. The molecule has 0 fully saturated rings. The van der Waals surface area contributed by atoms with Crippen molar-refractivity contribution >= 4 is 23.4 Å². The molecule has 0 saturated heterocycles. The number of carbonyl (C=O) groups is 2. The topological polar surface area (TPSA) is 49.4 Å². The summed E-state index contributed by atoms with van der Waals surface area (Å²) in [6.45, 7) is 3.67. The number of halogens is 3. The fourth-order valence-corrected chi connectivity index (χ4v) is 3.99. The molecule has 7 heteroatoms. The van der Waals surface area contributed by atoms with Crippen LogP contribution in [0.4, 0.5) is 8.78 Å². The summed E-state index contributed by atoms with van der Waals surface area (Å²) >= 11 is 6.17. The maximum Gasteiger partial charge on any atom is 0.243 e. The highest BCUT2D eigenvalue weighted by Gasteiger charge is 2.32. The van der Waals surface area contributed by atoms with Gasteiger partial charge in [0.25, 0.3) is 0 Å². The zero-order valence-corrected chi connectivity index (χ0v) is 20.6. The molecular weight excluding hydrogens is 470 g/mol. The molecule has 0 aromatic heterocycles. The van der Waals surface area contributed by atoms with Crippen molar-refractivity contribution in [1.82, 2.24) is 10.2 Å². The smallest absolute Gasteiger partial charge is 0.243 e. The number of carbonyl (C=O) groups excluding carboxylic acids is 2. The van der Waals surface area contributed by atoms with Crippen LogP contribution in [0.25, 0.3) is 0 Å². The maximum atomic E-state index is 14.6. The standard InChI is InChI=1S/C28H29ClF2N2O2/c1-3-19(2)32-28(35)26(16-20-10-5-4-6-11-20)33(18-21-12-7-8-14-24(21)30)27(34)17-22-23(29)13-9-15-25(22)31/h4-15,19,26H,3,16-18H2,1-2H3,(H,32,35)/t19-,26-/m0/s1. The van der Waals surface area contributed by atoms with E-state index in [1.54, 1.807) is 18.2 Å². The molecule has 3 rings (SSSR count). The van der Waals surface area contributed by atoms with Crippen molar-refractivity contribution < 1.29 is 18.4 Å². The molecule has 1 N–H and O–H groups in total. The van der Waals surface area contributed by atoms with Crippen molar-refractivity contribution in [3.8, 4) is 0 Å². The van der Waals surface area contributed by atoms with Crippen molar-refractivity contribution in [3.63, 3.8) is 0 Å². The van der Waals surface area contributed by atoms with Crippen molar-refractivity contribution in [2.45, 2.75) is 51.7 Å². The van der Waals surface area contributed by atoms with Gasteiger partial charge in [0.1, 0.15) is 17.7 Å². The highest BCUT2D eigenvalue weighted by molar-refractivity contribution is 6.31.